The van der Waals surface area contributed by atoms with Crippen LogP contribution in [0, 0.1) is 0 Å². The molecule has 0 saturated carbocycles. The van der Waals surface area contributed by atoms with Crippen LogP contribution in [0.4, 0.5) is 0 Å². The van der Waals surface area contributed by atoms with Crippen LogP contribution in [0.5, 0.6) is 0 Å². The summed E-state index contributed by atoms with van der Waals surface area (Å²) in [4.78, 5) is 17.9. The van der Waals surface area contributed by atoms with E-state index in [2.05, 4.69) is 20.9 Å². The highest BCUT2D eigenvalue weighted by Crippen LogP contribution is 2.11. The standard InChI is InChI=1S/C12H17BrN2O2/c1-8(2)15(7-9(3)16)12(17)10-4-5-11(13)14-6-10/h4-6,8-9,16H,7H2,1-3H3. The van der Waals surface area contributed by atoms with Crippen molar-refractivity contribution in [3.8, 4) is 0 Å². The minimum Gasteiger partial charge on any atom is -0.392 e. The summed E-state index contributed by atoms with van der Waals surface area (Å²) in [6.07, 6.45) is 0.994. The maximum absolute atomic E-state index is 12.2. The average molecular weight is 301 g/mol. The molecule has 0 saturated heterocycles. The van der Waals surface area contributed by atoms with Crippen LogP contribution in [0.3, 0.4) is 0 Å². The van der Waals surface area contributed by atoms with E-state index in [0.29, 0.717) is 16.7 Å². The van der Waals surface area contributed by atoms with Crippen LogP contribution in [-0.2, 0) is 0 Å². The summed E-state index contributed by atoms with van der Waals surface area (Å²) < 4.78 is 0.695. The fourth-order valence-electron chi connectivity index (χ4n) is 1.48. The quantitative estimate of drug-likeness (QED) is 0.866. The number of carbonyl (C=O) groups is 1. The molecule has 0 bridgehead atoms. The van der Waals surface area contributed by atoms with Gasteiger partial charge in [-0.25, -0.2) is 4.98 Å². The van der Waals surface area contributed by atoms with Gasteiger partial charge in [-0.05, 0) is 48.8 Å². The minimum atomic E-state index is -0.537. The Hall–Kier alpha value is -0.940. The molecule has 0 aliphatic heterocycles. The Labute approximate surface area is 110 Å². The number of aromatic nitrogens is 1. The Balaban J connectivity index is 2.88. The first kappa shape index (κ1) is 14.1. The zero-order valence-electron chi connectivity index (χ0n) is 10.2. The number of halogens is 1. The predicted molar refractivity (Wildman–Crippen MR) is 69.8 cm³/mol. The molecule has 0 radical (unpaired) electrons. The lowest BCUT2D eigenvalue weighted by molar-refractivity contribution is 0.0578. The molecule has 1 rings (SSSR count). The lowest BCUT2D eigenvalue weighted by Gasteiger charge is -2.28. The van der Waals surface area contributed by atoms with Gasteiger partial charge in [-0.15, -0.1) is 0 Å². The van der Waals surface area contributed by atoms with E-state index in [1.54, 1.807) is 24.0 Å². The molecule has 1 aromatic heterocycles. The molecule has 1 amide bonds. The Morgan fingerprint density at radius 3 is 2.53 bits per heavy atom. The SMILES string of the molecule is CC(O)CN(C(=O)c1ccc(Br)nc1)C(C)C. The van der Waals surface area contributed by atoms with Gasteiger partial charge in [0.1, 0.15) is 4.60 Å². The molecule has 1 heterocycles. The number of hydrogen-bond donors (Lipinski definition) is 1. The van der Waals surface area contributed by atoms with E-state index >= 15 is 0 Å². The van der Waals surface area contributed by atoms with Gasteiger partial charge >= 0.3 is 0 Å². The fourth-order valence-corrected chi connectivity index (χ4v) is 1.72. The van der Waals surface area contributed by atoms with E-state index in [9.17, 15) is 9.90 Å². The first-order valence-corrected chi connectivity index (χ1v) is 6.31. The molecule has 94 valence electrons. The van der Waals surface area contributed by atoms with E-state index in [-0.39, 0.29) is 11.9 Å². The third-order valence-corrected chi connectivity index (χ3v) is 2.79. The van der Waals surface area contributed by atoms with E-state index in [1.165, 1.54) is 6.20 Å². The van der Waals surface area contributed by atoms with Crippen molar-refractivity contribution in [1.29, 1.82) is 0 Å². The monoisotopic (exact) mass is 300 g/mol. The summed E-state index contributed by atoms with van der Waals surface area (Å²) in [5, 5.41) is 9.39. The zero-order valence-corrected chi connectivity index (χ0v) is 11.8. The number of amides is 1. The van der Waals surface area contributed by atoms with Gasteiger partial charge in [0.2, 0.25) is 0 Å². The number of aliphatic hydroxyl groups excluding tert-OH is 1. The van der Waals surface area contributed by atoms with E-state index in [1.807, 2.05) is 13.8 Å². The molecule has 0 aliphatic rings. The van der Waals surface area contributed by atoms with E-state index in [4.69, 9.17) is 0 Å². The van der Waals surface area contributed by atoms with Crippen molar-refractivity contribution >= 4 is 21.8 Å². The van der Waals surface area contributed by atoms with Crippen LogP contribution in [0.25, 0.3) is 0 Å². The summed E-state index contributed by atoms with van der Waals surface area (Å²) in [6, 6.07) is 3.49. The largest absolute Gasteiger partial charge is 0.392 e. The molecule has 17 heavy (non-hydrogen) atoms. The molecule has 1 unspecified atom stereocenters. The highest BCUT2D eigenvalue weighted by atomic mass is 79.9. The Morgan fingerprint density at radius 2 is 2.12 bits per heavy atom. The third kappa shape index (κ3) is 4.09. The number of nitrogens with zero attached hydrogens (tertiary/aromatic N) is 2. The van der Waals surface area contributed by atoms with Crippen LogP contribution >= 0.6 is 15.9 Å². The molecule has 1 atom stereocenters. The molecular weight excluding hydrogens is 284 g/mol. The van der Waals surface area contributed by atoms with Crippen LogP contribution in [0.15, 0.2) is 22.9 Å². The molecule has 1 N–H and O–H groups in total. The van der Waals surface area contributed by atoms with Gasteiger partial charge in [0.15, 0.2) is 0 Å². The van der Waals surface area contributed by atoms with Crippen LogP contribution in [-0.4, -0.2) is 39.6 Å². The Bertz CT molecular complexity index is 377. The maximum Gasteiger partial charge on any atom is 0.255 e. The molecule has 0 fully saturated rings. The predicted octanol–water partition coefficient (Wildman–Crippen LogP) is 2.08. The van der Waals surface area contributed by atoms with Gasteiger partial charge in [0, 0.05) is 18.8 Å². The van der Waals surface area contributed by atoms with Crippen molar-refractivity contribution in [2.45, 2.75) is 32.9 Å². The Kier molecular flexibility index (Phi) is 5.08. The van der Waals surface area contributed by atoms with Crippen molar-refractivity contribution in [2.75, 3.05) is 6.54 Å². The molecule has 0 aromatic carbocycles. The second kappa shape index (κ2) is 6.12. The van der Waals surface area contributed by atoms with Crippen LogP contribution < -0.4 is 0 Å². The molecule has 5 heteroatoms. The minimum absolute atomic E-state index is 0.0424. The normalized spacial score (nSPS) is 12.6. The lowest BCUT2D eigenvalue weighted by atomic mass is 10.2. The third-order valence-electron chi connectivity index (χ3n) is 2.32. The topological polar surface area (TPSA) is 53.4 Å². The van der Waals surface area contributed by atoms with Crippen LogP contribution in [0.1, 0.15) is 31.1 Å². The van der Waals surface area contributed by atoms with Gasteiger partial charge in [0.25, 0.3) is 5.91 Å². The van der Waals surface area contributed by atoms with Gasteiger partial charge in [-0.2, -0.15) is 0 Å². The number of hydrogen-bond acceptors (Lipinski definition) is 3. The summed E-state index contributed by atoms with van der Waals surface area (Å²) in [6.45, 7) is 5.84. The summed E-state index contributed by atoms with van der Waals surface area (Å²) in [5.74, 6) is -0.110. The number of aliphatic hydroxyl groups is 1. The highest BCUT2D eigenvalue weighted by molar-refractivity contribution is 9.10. The van der Waals surface area contributed by atoms with Gasteiger partial charge < -0.3 is 10.0 Å². The zero-order chi connectivity index (χ0) is 13.0. The van der Waals surface area contributed by atoms with Crippen molar-refractivity contribution in [3.05, 3.63) is 28.5 Å². The fraction of sp³-hybridized carbons (Fsp3) is 0.500. The summed E-state index contributed by atoms with van der Waals surface area (Å²) in [7, 11) is 0. The number of pyridine rings is 1. The highest BCUT2D eigenvalue weighted by Gasteiger charge is 2.20. The number of carbonyl (C=O) groups excluding carboxylic acids is 1. The maximum atomic E-state index is 12.2. The lowest BCUT2D eigenvalue weighted by Crippen LogP contribution is -2.41. The molecule has 4 nitrogen and oxygen atoms in total. The average Bonchev–Trinajstić information content (AvgIpc) is 2.25. The molecule has 0 aliphatic carbocycles. The Morgan fingerprint density at radius 1 is 1.47 bits per heavy atom. The second-order valence-corrected chi connectivity index (χ2v) is 5.08. The van der Waals surface area contributed by atoms with Gasteiger partial charge in [-0.1, -0.05) is 0 Å². The first-order valence-electron chi connectivity index (χ1n) is 5.52. The van der Waals surface area contributed by atoms with E-state index in [0.717, 1.165) is 0 Å². The molecule has 1 aromatic rings. The van der Waals surface area contributed by atoms with Gasteiger partial charge in [-0.3, -0.25) is 4.79 Å². The van der Waals surface area contributed by atoms with E-state index < -0.39 is 6.10 Å². The van der Waals surface area contributed by atoms with Crippen molar-refractivity contribution in [3.63, 3.8) is 0 Å². The summed E-state index contributed by atoms with van der Waals surface area (Å²) >= 11 is 3.22. The first-order chi connectivity index (χ1) is 7.91. The number of rotatable bonds is 4. The van der Waals surface area contributed by atoms with Gasteiger partial charge in [0.05, 0.1) is 11.7 Å². The molecule has 0 spiro atoms. The summed E-state index contributed by atoms with van der Waals surface area (Å²) in [5.41, 5.74) is 0.530. The molecular formula is C12H17BrN2O2. The van der Waals surface area contributed by atoms with Crippen molar-refractivity contribution < 1.29 is 9.90 Å². The smallest absolute Gasteiger partial charge is 0.255 e. The van der Waals surface area contributed by atoms with Crippen molar-refractivity contribution in [2.24, 2.45) is 0 Å². The second-order valence-electron chi connectivity index (χ2n) is 4.27. The van der Waals surface area contributed by atoms with Crippen LogP contribution in [0.2, 0.25) is 0 Å². The van der Waals surface area contributed by atoms with Crippen molar-refractivity contribution in [1.82, 2.24) is 9.88 Å².